The average molecular weight is 2180 g/mol. The Morgan fingerprint density at radius 1 is 0.252 bits per heavy atom. The molecule has 123 heavy (non-hydrogen) atoms. The number of hydrogen-bond acceptors (Lipinski definition) is 11. The Morgan fingerprint density at radius 2 is 0.480 bits per heavy atom. The summed E-state index contributed by atoms with van der Waals surface area (Å²) >= 11 is 0. The Hall–Kier alpha value is 5.20. The summed E-state index contributed by atoms with van der Waals surface area (Å²) in [7, 11) is -35.5. The van der Waals surface area contributed by atoms with Crippen molar-refractivity contribution in [3.8, 4) is 0 Å². The van der Waals surface area contributed by atoms with E-state index >= 15 is 0 Å². The van der Waals surface area contributed by atoms with E-state index in [1.807, 2.05) is 0 Å². The molecule has 0 radical (unpaired) electrons. The van der Waals surface area contributed by atoms with Crippen LogP contribution in [0.4, 0.5) is 0 Å². The third-order valence-corrected chi connectivity index (χ3v) is 295. The molecule has 0 spiro atoms. The molecule has 0 amide bonds. The molecule has 1 fully saturated rings. The second kappa shape index (κ2) is 48.6. The molecule has 0 N–H and O–H groups in total. The molecular formula is C86H236O11Si26. The molecule has 0 saturated carbocycles. The molecule has 0 aromatic carbocycles. The molecule has 1 aliphatic heterocycles. The molecule has 0 unspecified atom stereocenters. The van der Waals surface area contributed by atoms with E-state index < -0.39 is 207 Å². The maximum absolute atomic E-state index is 6.59. The van der Waals surface area contributed by atoms with Crippen molar-refractivity contribution in [2.75, 3.05) is 0 Å². The molecule has 1 aliphatic rings. The Labute approximate surface area is 804 Å². The standard InChI is InChI=1S/C14H38Si4.C13H36O3Si4.C13H36Si4.C12H32O2Si3.C12H34Si4.C11H30O4Si4.C11H30O2Si3/c1-14(2,3)13-18(15(4,5)6,16(7,8)9)17(10,11)12;1-13(2)12-20(14-17(3,4)5,15-18(6,7)8)16-19(9,10)11;1-13(2)12-17(14(3,4)5,15(6,7)8)16(9,10)11;1-12(2,3)11-16(7,8)14-17(9,10)13-15(4,5)6;1-11-12-16(13(2,3)4,14(5,6)7)15(8,9)10;1-11(2)10-19(9)14-17(5,6)12-16(3,4)13-18(7,8)15-19;1-11(2)10-16(9,12-14(3,4)5)13-15(6,7)8/h13H2,1-12H3;13H,12H2,1-11H3;13H,12H2,1-11H3;11H2,1-10H3;11-12H2,1-10H3;11H,10H2,1-9H3;11H,10H2,1-9H3. The predicted molar refractivity (Wildman–Crippen MR) is 638 cm³/mol. The minimum absolute atomic E-state index is 0.347. The van der Waals surface area contributed by atoms with Gasteiger partial charge in [0.15, 0.2) is 58.2 Å². The molecule has 0 bridgehead atoms. The van der Waals surface area contributed by atoms with Crippen molar-refractivity contribution in [3.05, 3.63) is 0 Å². The van der Waals surface area contributed by atoms with E-state index in [0.29, 0.717) is 28.6 Å². The first-order valence-corrected chi connectivity index (χ1v) is 138. The van der Waals surface area contributed by atoms with Crippen molar-refractivity contribution in [3.63, 3.8) is 0 Å². The smallest absolute Gasteiger partial charge is 0.437 e. The highest BCUT2D eigenvalue weighted by Gasteiger charge is 2.65. The topological polar surface area (TPSA) is 102 Å². The zero-order chi connectivity index (χ0) is 102. The zero-order valence-corrected chi connectivity index (χ0v) is 124. The van der Waals surface area contributed by atoms with Crippen LogP contribution in [-0.2, 0) is 45.3 Å². The summed E-state index contributed by atoms with van der Waals surface area (Å²) in [4.78, 5) is 0. The van der Waals surface area contributed by atoms with Gasteiger partial charge in [-0.05, 0) is 243 Å². The van der Waals surface area contributed by atoms with Crippen molar-refractivity contribution in [2.24, 2.45) is 34.5 Å². The van der Waals surface area contributed by atoms with Crippen molar-refractivity contribution in [1.82, 2.24) is 0 Å². The molecule has 1 heterocycles. The third kappa shape index (κ3) is 56.3. The van der Waals surface area contributed by atoms with Gasteiger partial charge in [-0.1, -0.05) is 311 Å². The molecule has 750 valence electrons. The van der Waals surface area contributed by atoms with Gasteiger partial charge >= 0.3 is 60.2 Å². The van der Waals surface area contributed by atoms with Crippen LogP contribution in [0.2, 0.25) is 415 Å². The molecule has 0 aromatic heterocycles. The summed E-state index contributed by atoms with van der Waals surface area (Å²) in [5.74, 6) is 2.66. The van der Waals surface area contributed by atoms with E-state index in [1.165, 1.54) is 12.5 Å². The average Bonchev–Trinajstić information content (AvgIpc) is 0.732. The summed E-state index contributed by atoms with van der Waals surface area (Å²) in [6, 6.07) is 9.07. The highest BCUT2D eigenvalue weighted by molar-refractivity contribution is 7.91. The summed E-state index contributed by atoms with van der Waals surface area (Å²) in [5, 5.41) is 0. The predicted octanol–water partition coefficient (Wildman–Crippen LogP) is 34.4. The maximum Gasteiger partial charge on any atom is 0.469 e. The van der Waals surface area contributed by atoms with E-state index in [1.54, 1.807) is 18.1 Å². The first-order valence-electron chi connectivity index (χ1n) is 48.9. The fourth-order valence-corrected chi connectivity index (χ4v) is 390. The molecule has 37 heteroatoms. The van der Waals surface area contributed by atoms with Gasteiger partial charge in [0.25, 0.3) is 0 Å². The Bertz CT molecular complexity index is 2770. The molecule has 1 rings (SSSR count). The zero-order valence-electron chi connectivity index (χ0n) is 98.5. The first kappa shape index (κ1) is 139. The van der Waals surface area contributed by atoms with Crippen LogP contribution in [0.1, 0.15) is 110 Å². The highest BCUT2D eigenvalue weighted by atomic mass is 29.9. The lowest BCUT2D eigenvalue weighted by atomic mass is 10.0. The summed E-state index contributed by atoms with van der Waals surface area (Å²) in [6.45, 7) is 171. The van der Waals surface area contributed by atoms with Crippen LogP contribution < -0.4 is 0 Å². The normalized spacial score (nSPS) is 17.4. The number of hydrogen-bond donors (Lipinski definition) is 0. The van der Waals surface area contributed by atoms with E-state index in [2.05, 4.69) is 477 Å². The van der Waals surface area contributed by atoms with Crippen LogP contribution in [0.15, 0.2) is 0 Å². The summed E-state index contributed by atoms with van der Waals surface area (Å²) in [6.07, 6.45) is 1.44. The second-order valence-corrected chi connectivity index (χ2v) is 240. The van der Waals surface area contributed by atoms with Gasteiger partial charge in [-0.3, -0.25) is 0 Å². The van der Waals surface area contributed by atoms with Gasteiger partial charge in [0, 0.05) is 94.2 Å². The van der Waals surface area contributed by atoms with E-state index in [0.717, 1.165) is 24.1 Å². The van der Waals surface area contributed by atoms with Crippen LogP contribution in [-0.4, -0.2) is 207 Å². The Morgan fingerprint density at radius 3 is 0.642 bits per heavy atom. The fourth-order valence-electron chi connectivity index (χ4n) is 24.8. The number of rotatable bonds is 35. The van der Waals surface area contributed by atoms with Crippen LogP contribution in [0, 0.1) is 34.5 Å². The molecule has 0 atom stereocenters. The Kier molecular flexibility index (Phi) is 54.9. The first-order chi connectivity index (χ1) is 52.2. The summed E-state index contributed by atoms with van der Waals surface area (Å²) < 4.78 is 70.9. The largest absolute Gasteiger partial charge is 0.469 e. The lowest BCUT2D eigenvalue weighted by Gasteiger charge is -2.59. The maximum atomic E-state index is 6.59. The molecule has 0 aliphatic carbocycles. The summed E-state index contributed by atoms with van der Waals surface area (Å²) in [5.41, 5.74) is 0.867. The van der Waals surface area contributed by atoms with Crippen LogP contribution in [0.3, 0.4) is 0 Å². The van der Waals surface area contributed by atoms with E-state index in [-0.39, 0.29) is 0 Å². The van der Waals surface area contributed by atoms with Crippen molar-refractivity contribution in [2.45, 2.75) is 526 Å². The third-order valence-electron chi connectivity index (χ3n) is 22.2. The molecule has 1 saturated heterocycles. The Balaban J connectivity index is -0.000000325. The van der Waals surface area contributed by atoms with Crippen molar-refractivity contribution < 1.29 is 45.3 Å². The minimum Gasteiger partial charge on any atom is -0.437 e. The quantitative estimate of drug-likeness (QED) is 0.0567. The van der Waals surface area contributed by atoms with E-state index in [9.17, 15) is 0 Å². The highest BCUT2D eigenvalue weighted by Crippen LogP contribution is 2.47. The lowest BCUT2D eigenvalue weighted by molar-refractivity contribution is 0.231. The van der Waals surface area contributed by atoms with Crippen molar-refractivity contribution >= 4 is 207 Å². The van der Waals surface area contributed by atoms with Gasteiger partial charge in [-0.2, -0.15) is 0 Å². The van der Waals surface area contributed by atoms with Crippen LogP contribution >= 0.6 is 0 Å². The van der Waals surface area contributed by atoms with Gasteiger partial charge in [-0.25, -0.2) is 0 Å². The monoisotopic (exact) mass is 2170 g/mol. The van der Waals surface area contributed by atoms with Gasteiger partial charge in [-0.15, -0.1) is 0 Å². The van der Waals surface area contributed by atoms with Gasteiger partial charge in [0.05, 0.1) is 0 Å². The minimum atomic E-state index is -2.58. The van der Waals surface area contributed by atoms with Crippen molar-refractivity contribution in [1.29, 1.82) is 0 Å². The van der Waals surface area contributed by atoms with Gasteiger partial charge < -0.3 is 45.3 Å². The van der Waals surface area contributed by atoms with Gasteiger partial charge in [0.1, 0.15) is 0 Å². The van der Waals surface area contributed by atoms with Crippen LogP contribution in [0.5, 0.6) is 0 Å². The molecule has 11 nitrogen and oxygen atoms in total. The molecule has 0 aromatic rings. The lowest BCUT2D eigenvalue weighted by Crippen LogP contribution is -2.83. The second-order valence-electron chi connectivity index (χ2n) is 59.7. The van der Waals surface area contributed by atoms with Gasteiger partial charge in [0.2, 0.25) is 0 Å². The van der Waals surface area contributed by atoms with E-state index in [4.69, 9.17) is 45.3 Å². The molecular weight excluding hydrogens is 1940 g/mol. The van der Waals surface area contributed by atoms with Crippen LogP contribution in [0.25, 0.3) is 0 Å². The fraction of sp³-hybridized carbons (Fsp3) is 1.00. The SMILES string of the molecule is CC(C)(C)C[Si](C)(C)O[Si](C)(C)O[Si](C)(C)C.CC(C)(C)C[Si]([Si](C)(C)C)([Si](C)(C)C)[Si](C)(C)C.CC(C)C[Si](C)(O[Si](C)(C)C)O[Si](C)(C)C.CC(C)C[Si](O[Si](C)(C)C)(O[Si](C)(C)C)O[Si](C)(C)C.CC(C)C[Si]([Si](C)(C)C)([Si](C)(C)C)[Si](C)(C)C.CC(C)C[Si]1(C)O[Si](C)(C)O[Si](C)(C)O[Si](C)(C)O1.CCC[Si]([Si](C)(C)C)([Si](C)(C)C)[Si](C)(C)C.